The molecule has 0 fully saturated rings. The van der Waals surface area contributed by atoms with Crippen molar-refractivity contribution in [2.24, 2.45) is 0 Å². The molecule has 0 aliphatic heterocycles. The summed E-state index contributed by atoms with van der Waals surface area (Å²) >= 11 is 0. The van der Waals surface area contributed by atoms with Gasteiger partial charge in [0, 0.05) is 117 Å². The number of furan rings is 3. The molecule has 0 saturated carbocycles. The number of rotatable bonds is 9. The van der Waals surface area contributed by atoms with E-state index in [9.17, 15) is 0 Å². The Bertz CT molecular complexity index is 6490. The number of hydrogen-bond donors (Lipinski definition) is 0. The van der Waals surface area contributed by atoms with Gasteiger partial charge < -0.3 is 27.0 Å². The second kappa shape index (κ2) is 21.8. The van der Waals surface area contributed by atoms with Crippen molar-refractivity contribution >= 4 is 131 Å². The molecule has 7 aromatic heterocycles. The SMILES string of the molecule is c1ccc2c(c1)oc1cc3c(cc12)c1ccccc1n3-c1ccc(-c2ccc(-c3nc(-c4ccc(-c5ccc(-n6c7ccccc7c7cc8c(cc76)oc6ccccc68)cc5)cc4)nc(-c4ccc(-c5ccc(-n6c7ccccc7c7cc8c(cc76)oc6ccccc68)cc5)cc4)n3)cc2)cc1. The first-order valence-electron chi connectivity index (χ1n) is 34.4. The van der Waals surface area contributed by atoms with E-state index in [-0.39, 0.29) is 0 Å². The maximum Gasteiger partial charge on any atom is 0.164 e. The minimum Gasteiger partial charge on any atom is -0.456 e. The van der Waals surface area contributed by atoms with Gasteiger partial charge in [0.25, 0.3) is 0 Å². The van der Waals surface area contributed by atoms with Crippen LogP contribution in [0.25, 0.3) is 216 Å². The van der Waals surface area contributed by atoms with Crippen LogP contribution in [0, 0.1) is 0 Å². The van der Waals surface area contributed by atoms with E-state index in [2.05, 4.69) is 305 Å². The highest BCUT2D eigenvalue weighted by atomic mass is 16.3. The van der Waals surface area contributed by atoms with Crippen molar-refractivity contribution < 1.29 is 13.3 Å². The molecule has 0 N–H and O–H groups in total. The third-order valence-corrected chi connectivity index (χ3v) is 21.0. The summed E-state index contributed by atoms with van der Waals surface area (Å²) in [5.41, 5.74) is 24.4. The van der Waals surface area contributed by atoms with Gasteiger partial charge in [-0.15, -0.1) is 0 Å². The highest BCUT2D eigenvalue weighted by Gasteiger charge is 2.22. The van der Waals surface area contributed by atoms with Crippen LogP contribution in [0.1, 0.15) is 0 Å². The molecule has 0 atom stereocenters. The van der Waals surface area contributed by atoms with Gasteiger partial charge in [-0.25, -0.2) is 15.0 Å². The predicted molar refractivity (Wildman–Crippen MR) is 417 cm³/mol. The summed E-state index contributed by atoms with van der Waals surface area (Å²) in [4.78, 5) is 15.8. The van der Waals surface area contributed by atoms with Crippen LogP contribution < -0.4 is 0 Å². The molecule has 0 saturated heterocycles. The summed E-state index contributed by atoms with van der Waals surface area (Å²) in [7, 11) is 0. The van der Waals surface area contributed by atoms with Crippen LogP contribution in [0.2, 0.25) is 0 Å². The standard InChI is InChI=1S/C93H54N6O3/c1-7-19-79-67(13-1)73-49-76-70-16-4-10-22-85(70)100-88(76)52-82(73)97(79)64-43-37-58(38-44-64)55-25-31-61(32-26-55)91-94-92(62-33-27-56(28-34-62)59-39-45-65(46-40-59)98-80-20-8-2-14-68(80)74-50-77-71-17-5-11-23-86(71)101-89(77)53-83(74)98)96-93(95-91)63-35-29-57(30-36-63)60-41-47-66(48-42-60)99-81-21-9-3-15-69(81)75-51-78-72-18-6-12-24-87(72)102-90(78)54-84(75)99/h1-54H. The Morgan fingerprint density at radius 3 is 0.667 bits per heavy atom. The lowest BCUT2D eigenvalue weighted by Crippen LogP contribution is -2.00. The number of benzene rings is 15. The molecule has 0 unspecified atom stereocenters. The minimum atomic E-state index is 0.582. The first-order valence-corrected chi connectivity index (χ1v) is 34.4. The summed E-state index contributed by atoms with van der Waals surface area (Å²) < 4.78 is 26.3. The number of nitrogens with zero attached hydrogens (tertiary/aromatic N) is 6. The lowest BCUT2D eigenvalue weighted by Gasteiger charge is -2.12. The molecule has 0 amide bonds. The summed E-state index contributed by atoms with van der Waals surface area (Å²) in [6.07, 6.45) is 0. The van der Waals surface area contributed by atoms with E-state index < -0.39 is 0 Å². The first-order chi connectivity index (χ1) is 50.5. The molecule has 0 bridgehead atoms. The van der Waals surface area contributed by atoms with Crippen LogP contribution in [0.4, 0.5) is 0 Å². The zero-order valence-corrected chi connectivity index (χ0v) is 54.6. The second-order valence-electron chi connectivity index (χ2n) is 26.6. The molecular formula is C93H54N6O3. The van der Waals surface area contributed by atoms with E-state index >= 15 is 0 Å². The van der Waals surface area contributed by atoms with Crippen molar-refractivity contribution in [2.75, 3.05) is 0 Å². The molecule has 22 aromatic rings. The van der Waals surface area contributed by atoms with Gasteiger partial charge in [-0.05, 0) is 124 Å². The molecule has 102 heavy (non-hydrogen) atoms. The van der Waals surface area contributed by atoms with Gasteiger partial charge in [0.2, 0.25) is 0 Å². The Labute approximate surface area is 581 Å². The van der Waals surface area contributed by atoms with Crippen LogP contribution in [0.15, 0.2) is 341 Å². The normalized spacial score (nSPS) is 12.1. The highest BCUT2D eigenvalue weighted by Crippen LogP contribution is 2.44. The summed E-state index contributed by atoms with van der Waals surface area (Å²) in [5.74, 6) is 1.75. The quantitative estimate of drug-likeness (QED) is 0.143. The minimum absolute atomic E-state index is 0.582. The lowest BCUT2D eigenvalue weighted by atomic mass is 10.0. The van der Waals surface area contributed by atoms with E-state index in [1.807, 2.05) is 36.4 Å². The fraction of sp³-hybridized carbons (Fsp3) is 0. The van der Waals surface area contributed by atoms with Crippen molar-refractivity contribution in [3.63, 3.8) is 0 Å². The van der Waals surface area contributed by atoms with Crippen LogP contribution in [-0.2, 0) is 0 Å². The number of fused-ring (bicyclic) bond motifs is 18. The predicted octanol–water partition coefficient (Wildman–Crippen LogP) is 24.9. The Kier molecular flexibility index (Phi) is 12.0. The van der Waals surface area contributed by atoms with Crippen molar-refractivity contribution in [1.82, 2.24) is 28.7 Å². The van der Waals surface area contributed by atoms with Crippen molar-refractivity contribution in [3.05, 3.63) is 328 Å². The largest absolute Gasteiger partial charge is 0.456 e. The van der Waals surface area contributed by atoms with E-state index in [1.165, 1.54) is 32.3 Å². The third kappa shape index (κ3) is 8.68. The number of aromatic nitrogens is 6. The van der Waals surface area contributed by atoms with Gasteiger partial charge in [0.1, 0.15) is 33.5 Å². The molecular weight excluding hydrogens is 1250 g/mol. The first kappa shape index (κ1) is 56.2. The smallest absolute Gasteiger partial charge is 0.164 e. The average molecular weight is 1300 g/mol. The van der Waals surface area contributed by atoms with Crippen LogP contribution in [0.5, 0.6) is 0 Å². The van der Waals surface area contributed by atoms with Gasteiger partial charge in [0.15, 0.2) is 17.5 Å². The maximum absolute atomic E-state index is 6.42. The Morgan fingerprint density at radius 2 is 0.392 bits per heavy atom. The van der Waals surface area contributed by atoms with Gasteiger partial charge in [-0.2, -0.15) is 0 Å². The Morgan fingerprint density at radius 1 is 0.167 bits per heavy atom. The Balaban J connectivity index is 0.595. The average Bonchev–Trinajstić information content (AvgIpc) is 1.59. The highest BCUT2D eigenvalue weighted by molar-refractivity contribution is 6.20. The zero-order chi connectivity index (χ0) is 66.7. The summed E-state index contributed by atoms with van der Waals surface area (Å²) in [6, 6.07) is 116. The van der Waals surface area contributed by atoms with Crippen LogP contribution in [0.3, 0.4) is 0 Å². The molecule has 474 valence electrons. The monoisotopic (exact) mass is 1300 g/mol. The third-order valence-electron chi connectivity index (χ3n) is 21.0. The van der Waals surface area contributed by atoms with Crippen molar-refractivity contribution in [3.8, 4) is 84.6 Å². The molecule has 0 aliphatic carbocycles. The number of para-hydroxylation sites is 6. The van der Waals surface area contributed by atoms with E-state index in [0.717, 1.165) is 166 Å². The van der Waals surface area contributed by atoms with E-state index in [0.29, 0.717) is 17.5 Å². The van der Waals surface area contributed by atoms with E-state index in [1.54, 1.807) is 0 Å². The zero-order valence-electron chi connectivity index (χ0n) is 54.6. The van der Waals surface area contributed by atoms with Crippen molar-refractivity contribution in [2.45, 2.75) is 0 Å². The summed E-state index contributed by atoms with van der Waals surface area (Å²) in [6.45, 7) is 0. The van der Waals surface area contributed by atoms with Gasteiger partial charge in [-0.1, -0.05) is 218 Å². The molecule has 7 heterocycles. The molecule has 22 rings (SSSR count). The molecule has 15 aromatic carbocycles. The van der Waals surface area contributed by atoms with Crippen LogP contribution >= 0.6 is 0 Å². The number of hydrogen-bond acceptors (Lipinski definition) is 6. The second-order valence-corrected chi connectivity index (χ2v) is 26.6. The molecule has 9 heteroatoms. The van der Waals surface area contributed by atoms with Gasteiger partial charge in [-0.3, -0.25) is 0 Å². The molecule has 9 nitrogen and oxygen atoms in total. The van der Waals surface area contributed by atoms with Gasteiger partial charge in [0.05, 0.1) is 33.1 Å². The topological polar surface area (TPSA) is 92.9 Å². The lowest BCUT2D eigenvalue weighted by molar-refractivity contribution is 0.669. The fourth-order valence-corrected chi connectivity index (χ4v) is 16.0. The van der Waals surface area contributed by atoms with Crippen LogP contribution in [-0.4, -0.2) is 28.7 Å². The van der Waals surface area contributed by atoms with Crippen molar-refractivity contribution in [1.29, 1.82) is 0 Å². The summed E-state index contributed by atoms with van der Waals surface area (Å²) in [5, 5.41) is 13.9. The fourth-order valence-electron chi connectivity index (χ4n) is 16.0. The molecule has 0 aliphatic rings. The van der Waals surface area contributed by atoms with E-state index in [4.69, 9.17) is 28.2 Å². The Hall–Kier alpha value is -13.9. The molecule has 0 radical (unpaired) electrons. The maximum atomic E-state index is 6.42. The molecule has 0 spiro atoms. The van der Waals surface area contributed by atoms with Gasteiger partial charge >= 0.3 is 0 Å².